The molecule has 0 radical (unpaired) electrons. The van der Waals surface area contributed by atoms with Crippen LogP contribution in [0.25, 0.3) is 0 Å². The third-order valence-corrected chi connectivity index (χ3v) is 4.89. The van der Waals surface area contributed by atoms with Crippen LogP contribution >= 0.6 is 0 Å². The van der Waals surface area contributed by atoms with Crippen molar-refractivity contribution >= 4 is 11.8 Å². The number of hydrogen-bond donors (Lipinski definition) is 1. The van der Waals surface area contributed by atoms with Gasteiger partial charge < -0.3 is 10.2 Å². The van der Waals surface area contributed by atoms with Crippen molar-refractivity contribution in [3.05, 3.63) is 0 Å². The van der Waals surface area contributed by atoms with E-state index < -0.39 is 0 Å². The van der Waals surface area contributed by atoms with Crippen molar-refractivity contribution in [2.75, 3.05) is 0 Å². The summed E-state index contributed by atoms with van der Waals surface area (Å²) in [5, 5.41) is 2.96. The van der Waals surface area contributed by atoms with Gasteiger partial charge >= 0.3 is 0 Å². The van der Waals surface area contributed by atoms with Crippen molar-refractivity contribution in [2.24, 2.45) is 5.92 Å². The maximum Gasteiger partial charge on any atom is 0.246 e. The van der Waals surface area contributed by atoms with Crippen LogP contribution in [0.5, 0.6) is 0 Å². The molecule has 4 heteroatoms. The highest BCUT2D eigenvalue weighted by Gasteiger charge is 2.47. The first-order valence-electron chi connectivity index (χ1n) is 8.72. The minimum Gasteiger partial charge on any atom is -0.342 e. The molecule has 1 N–H and O–H groups in total. The van der Waals surface area contributed by atoms with E-state index in [0.717, 1.165) is 25.7 Å². The molecule has 2 aliphatic rings. The second kappa shape index (κ2) is 7.28. The second-order valence-corrected chi connectivity index (χ2v) is 6.69. The lowest BCUT2D eigenvalue weighted by molar-refractivity contribution is -0.152. The van der Waals surface area contributed by atoms with Crippen molar-refractivity contribution in [3.8, 4) is 0 Å². The molecule has 0 aromatic heterocycles. The Hall–Kier alpha value is -1.06. The molecule has 1 heterocycles. The zero-order chi connectivity index (χ0) is 15.4. The topological polar surface area (TPSA) is 49.4 Å². The Labute approximate surface area is 128 Å². The summed E-state index contributed by atoms with van der Waals surface area (Å²) in [5.41, 5.74) is 0. The smallest absolute Gasteiger partial charge is 0.246 e. The van der Waals surface area contributed by atoms with Gasteiger partial charge in [-0.15, -0.1) is 0 Å². The molecule has 1 aliphatic carbocycles. The van der Waals surface area contributed by atoms with Gasteiger partial charge in [0.15, 0.2) is 0 Å². The lowest BCUT2D eigenvalue weighted by Gasteiger charge is -2.42. The molecule has 21 heavy (non-hydrogen) atoms. The van der Waals surface area contributed by atoms with Crippen LogP contribution < -0.4 is 5.32 Å². The lowest BCUT2D eigenvalue weighted by Crippen LogP contribution is -2.65. The molecule has 1 saturated heterocycles. The summed E-state index contributed by atoms with van der Waals surface area (Å²) in [5.74, 6) is 0.593. The van der Waals surface area contributed by atoms with Crippen LogP contribution in [-0.4, -0.2) is 34.8 Å². The molecule has 0 spiro atoms. The number of carbonyl (C=O) groups is 2. The summed E-state index contributed by atoms with van der Waals surface area (Å²) in [6, 6.07) is -0.348. The quantitative estimate of drug-likeness (QED) is 0.700. The molecule has 120 valence electrons. The molecule has 3 atom stereocenters. The van der Waals surface area contributed by atoms with Crippen LogP contribution in [0.2, 0.25) is 0 Å². The van der Waals surface area contributed by atoms with Crippen molar-refractivity contribution in [2.45, 2.75) is 90.3 Å². The Morgan fingerprint density at radius 2 is 1.90 bits per heavy atom. The standard InChI is InChI=1S/C17H30N2O2/c1-4-6-7-8-9-12(3)19-14(5-2)16(20)18-15(17(19)21)13-10-11-13/h12-15H,4-11H2,1-3H3,(H,18,20). The lowest BCUT2D eigenvalue weighted by atomic mass is 9.97. The fraction of sp³-hybridized carbons (Fsp3) is 0.882. The van der Waals surface area contributed by atoms with Crippen LogP contribution in [0, 0.1) is 5.92 Å². The minimum atomic E-state index is -0.270. The predicted molar refractivity (Wildman–Crippen MR) is 83.8 cm³/mol. The van der Waals surface area contributed by atoms with E-state index in [4.69, 9.17) is 0 Å². The molecule has 2 amide bonds. The monoisotopic (exact) mass is 294 g/mol. The van der Waals surface area contributed by atoms with Crippen LogP contribution in [0.3, 0.4) is 0 Å². The normalized spacial score (nSPS) is 27.7. The van der Waals surface area contributed by atoms with Gasteiger partial charge in [-0.3, -0.25) is 9.59 Å². The Bertz CT molecular complexity index is 379. The van der Waals surface area contributed by atoms with Crippen LogP contribution in [0.15, 0.2) is 0 Å². The Morgan fingerprint density at radius 3 is 2.48 bits per heavy atom. The Kier molecular flexibility index (Phi) is 5.65. The molecule has 0 aromatic rings. The first-order chi connectivity index (χ1) is 10.1. The number of unbranched alkanes of at least 4 members (excludes halogenated alkanes) is 3. The summed E-state index contributed by atoms with van der Waals surface area (Å²) >= 11 is 0. The molecule has 1 aliphatic heterocycles. The average Bonchev–Trinajstić information content (AvgIpc) is 3.29. The molecule has 1 saturated carbocycles. The van der Waals surface area contributed by atoms with Gasteiger partial charge in [-0.2, -0.15) is 0 Å². The van der Waals surface area contributed by atoms with Crippen LogP contribution in [-0.2, 0) is 9.59 Å². The molecular formula is C17H30N2O2. The summed E-state index contributed by atoms with van der Waals surface area (Å²) in [7, 11) is 0. The zero-order valence-electron chi connectivity index (χ0n) is 13.7. The fourth-order valence-corrected chi connectivity index (χ4v) is 3.41. The van der Waals surface area contributed by atoms with Crippen LogP contribution in [0.1, 0.15) is 72.1 Å². The van der Waals surface area contributed by atoms with E-state index in [2.05, 4.69) is 19.2 Å². The van der Waals surface area contributed by atoms with Gasteiger partial charge in [0.2, 0.25) is 11.8 Å². The molecule has 3 unspecified atom stereocenters. The van der Waals surface area contributed by atoms with Crippen molar-refractivity contribution in [3.63, 3.8) is 0 Å². The summed E-state index contributed by atoms with van der Waals surface area (Å²) in [4.78, 5) is 27.0. The number of amides is 2. The maximum absolute atomic E-state index is 12.8. The number of nitrogens with one attached hydrogen (secondary N) is 1. The van der Waals surface area contributed by atoms with Gasteiger partial charge in [-0.25, -0.2) is 0 Å². The van der Waals surface area contributed by atoms with Gasteiger partial charge in [0.1, 0.15) is 12.1 Å². The summed E-state index contributed by atoms with van der Waals surface area (Å²) in [6.45, 7) is 6.30. The first kappa shape index (κ1) is 16.3. The maximum atomic E-state index is 12.8. The Balaban J connectivity index is 2.00. The SMILES string of the molecule is CCCCCCC(C)N1C(=O)C(C2CC2)NC(=O)C1CC. The van der Waals surface area contributed by atoms with E-state index in [9.17, 15) is 9.59 Å². The largest absolute Gasteiger partial charge is 0.342 e. The van der Waals surface area contributed by atoms with E-state index >= 15 is 0 Å². The van der Waals surface area contributed by atoms with Crippen molar-refractivity contribution in [1.29, 1.82) is 0 Å². The van der Waals surface area contributed by atoms with Gasteiger partial charge in [0, 0.05) is 6.04 Å². The molecule has 0 aromatic carbocycles. The highest BCUT2D eigenvalue weighted by atomic mass is 16.2. The van der Waals surface area contributed by atoms with Gasteiger partial charge in [0.25, 0.3) is 0 Å². The Morgan fingerprint density at radius 1 is 1.19 bits per heavy atom. The first-order valence-corrected chi connectivity index (χ1v) is 8.72. The fourth-order valence-electron chi connectivity index (χ4n) is 3.41. The average molecular weight is 294 g/mol. The third kappa shape index (κ3) is 3.78. The molecular weight excluding hydrogens is 264 g/mol. The number of rotatable bonds is 8. The van der Waals surface area contributed by atoms with E-state index in [1.165, 1.54) is 19.3 Å². The van der Waals surface area contributed by atoms with Crippen molar-refractivity contribution < 1.29 is 9.59 Å². The predicted octanol–water partition coefficient (Wildman–Crippen LogP) is 2.86. The van der Waals surface area contributed by atoms with Crippen molar-refractivity contribution in [1.82, 2.24) is 10.2 Å². The summed E-state index contributed by atoms with van der Waals surface area (Å²) in [6.07, 6.45) is 8.70. The second-order valence-electron chi connectivity index (χ2n) is 6.69. The minimum absolute atomic E-state index is 0.0504. The van der Waals surface area contributed by atoms with Gasteiger partial charge in [-0.1, -0.05) is 39.5 Å². The summed E-state index contributed by atoms with van der Waals surface area (Å²) < 4.78 is 0. The molecule has 0 bridgehead atoms. The number of hydrogen-bond acceptors (Lipinski definition) is 2. The number of carbonyl (C=O) groups excluding carboxylic acids is 2. The van der Waals surface area contributed by atoms with Crippen LogP contribution in [0.4, 0.5) is 0 Å². The third-order valence-electron chi connectivity index (χ3n) is 4.89. The van der Waals surface area contributed by atoms with E-state index in [0.29, 0.717) is 12.3 Å². The number of nitrogens with zero attached hydrogens (tertiary/aromatic N) is 1. The van der Waals surface area contributed by atoms with E-state index in [1.54, 1.807) is 0 Å². The highest BCUT2D eigenvalue weighted by Crippen LogP contribution is 2.36. The molecule has 4 nitrogen and oxygen atoms in total. The number of piperazine rings is 1. The zero-order valence-corrected chi connectivity index (χ0v) is 13.7. The van der Waals surface area contributed by atoms with Gasteiger partial charge in [0.05, 0.1) is 0 Å². The van der Waals surface area contributed by atoms with E-state index in [-0.39, 0.29) is 29.9 Å². The molecule has 2 fully saturated rings. The highest BCUT2D eigenvalue weighted by molar-refractivity contribution is 5.97. The van der Waals surface area contributed by atoms with Gasteiger partial charge in [-0.05, 0) is 38.5 Å². The van der Waals surface area contributed by atoms with E-state index in [1.807, 2.05) is 11.8 Å². The molecule has 2 rings (SSSR count).